The van der Waals surface area contributed by atoms with Gasteiger partial charge in [-0.05, 0) is 38.7 Å². The Bertz CT molecular complexity index is 494. The zero-order chi connectivity index (χ0) is 9.71. The highest BCUT2D eigenvalue weighted by atomic mass is 15.2. The molecule has 0 aliphatic heterocycles. The van der Waals surface area contributed by atoms with Crippen molar-refractivity contribution in [2.75, 3.05) is 0 Å². The van der Waals surface area contributed by atoms with E-state index in [1.54, 1.807) is 0 Å². The van der Waals surface area contributed by atoms with Crippen LogP contribution < -0.4 is 0 Å². The molecule has 0 atom stereocenters. The van der Waals surface area contributed by atoms with Crippen LogP contribution in [0.3, 0.4) is 0 Å². The molecule has 0 unspecified atom stereocenters. The molecule has 0 spiro atoms. The van der Waals surface area contributed by atoms with E-state index in [-0.39, 0.29) is 0 Å². The predicted molar refractivity (Wildman–Crippen MR) is 54.4 cm³/mol. The van der Waals surface area contributed by atoms with Crippen LogP contribution in [0.1, 0.15) is 35.7 Å². The molecule has 0 radical (unpaired) electrons. The lowest BCUT2D eigenvalue weighted by atomic mass is 10.2. The van der Waals surface area contributed by atoms with Crippen LogP contribution >= 0.6 is 0 Å². The van der Waals surface area contributed by atoms with Crippen LogP contribution in [-0.2, 0) is 0 Å². The normalized spacial score (nSPS) is 16.4. The quantitative estimate of drug-likeness (QED) is 0.685. The molecule has 2 heterocycles. The Labute approximate surface area is 82.8 Å². The first-order chi connectivity index (χ1) is 6.74. The minimum Gasteiger partial charge on any atom is -0.232 e. The number of nitrogens with zero attached hydrogens (tertiary/aromatic N) is 3. The highest BCUT2D eigenvalue weighted by Crippen LogP contribution is 2.41. The summed E-state index contributed by atoms with van der Waals surface area (Å²) in [4.78, 5) is 4.52. The molecule has 1 fully saturated rings. The van der Waals surface area contributed by atoms with Crippen molar-refractivity contribution < 1.29 is 0 Å². The second kappa shape index (κ2) is 2.56. The molecule has 2 aromatic heterocycles. The maximum atomic E-state index is 4.52. The number of imidazole rings is 1. The molecule has 14 heavy (non-hydrogen) atoms. The summed E-state index contributed by atoms with van der Waals surface area (Å²) in [6.07, 6.45) is 4.62. The minimum absolute atomic E-state index is 0.737. The van der Waals surface area contributed by atoms with E-state index in [1.165, 1.54) is 18.4 Å². The van der Waals surface area contributed by atoms with E-state index < -0.39 is 0 Å². The summed E-state index contributed by atoms with van der Waals surface area (Å²) in [5, 5.41) is 4.42. The molecule has 3 nitrogen and oxygen atoms in total. The van der Waals surface area contributed by atoms with Crippen LogP contribution in [0.15, 0.2) is 12.3 Å². The average molecular weight is 187 g/mol. The van der Waals surface area contributed by atoms with E-state index in [0.717, 1.165) is 23.0 Å². The second-order valence-corrected chi connectivity index (χ2v) is 4.17. The van der Waals surface area contributed by atoms with Gasteiger partial charge in [0.15, 0.2) is 5.65 Å². The van der Waals surface area contributed by atoms with Gasteiger partial charge < -0.3 is 0 Å². The molecule has 0 saturated heterocycles. The van der Waals surface area contributed by atoms with Crippen LogP contribution in [0.5, 0.6) is 0 Å². The highest BCUT2D eigenvalue weighted by molar-refractivity contribution is 5.51. The molecule has 0 aromatic carbocycles. The predicted octanol–water partition coefficient (Wildman–Crippen LogP) is 2.22. The SMILES string of the molecule is Cc1cn2nc(C)cc(C3CC3)c2n1. The Morgan fingerprint density at radius 2 is 2.07 bits per heavy atom. The Morgan fingerprint density at radius 3 is 2.79 bits per heavy atom. The number of hydrogen-bond donors (Lipinski definition) is 0. The van der Waals surface area contributed by atoms with Gasteiger partial charge in [-0.1, -0.05) is 0 Å². The molecule has 0 N–H and O–H groups in total. The Morgan fingerprint density at radius 1 is 1.29 bits per heavy atom. The molecule has 0 amide bonds. The van der Waals surface area contributed by atoms with Crippen LogP contribution in [0.4, 0.5) is 0 Å². The Balaban J connectivity index is 2.33. The first-order valence-electron chi connectivity index (χ1n) is 5.07. The summed E-state index contributed by atoms with van der Waals surface area (Å²) in [7, 11) is 0. The van der Waals surface area contributed by atoms with Gasteiger partial charge in [0.25, 0.3) is 0 Å². The van der Waals surface area contributed by atoms with Gasteiger partial charge in [0.05, 0.1) is 17.6 Å². The van der Waals surface area contributed by atoms with Crippen molar-refractivity contribution in [3.05, 3.63) is 29.2 Å². The van der Waals surface area contributed by atoms with Crippen molar-refractivity contribution in [3.8, 4) is 0 Å². The van der Waals surface area contributed by atoms with Gasteiger partial charge in [0.1, 0.15) is 0 Å². The molecule has 72 valence electrons. The molecule has 3 heteroatoms. The van der Waals surface area contributed by atoms with Crippen LogP contribution in [0.2, 0.25) is 0 Å². The molecule has 2 aromatic rings. The maximum Gasteiger partial charge on any atom is 0.157 e. The molecule has 1 aliphatic carbocycles. The van der Waals surface area contributed by atoms with E-state index in [1.807, 2.05) is 24.6 Å². The molecule has 3 rings (SSSR count). The topological polar surface area (TPSA) is 30.2 Å². The summed E-state index contributed by atoms with van der Waals surface area (Å²) < 4.78 is 1.92. The zero-order valence-corrected chi connectivity index (χ0v) is 8.49. The average Bonchev–Trinajstić information content (AvgIpc) is 2.87. The lowest BCUT2D eigenvalue weighted by Gasteiger charge is -2.02. The van der Waals surface area contributed by atoms with Gasteiger partial charge in [-0.25, -0.2) is 9.50 Å². The van der Waals surface area contributed by atoms with Crippen LogP contribution in [0.25, 0.3) is 5.65 Å². The molecular weight excluding hydrogens is 174 g/mol. The van der Waals surface area contributed by atoms with Crippen LogP contribution in [0, 0.1) is 13.8 Å². The molecule has 0 bridgehead atoms. The third-order valence-corrected chi connectivity index (χ3v) is 2.71. The van der Waals surface area contributed by atoms with Crippen molar-refractivity contribution in [1.29, 1.82) is 0 Å². The van der Waals surface area contributed by atoms with Crippen molar-refractivity contribution in [2.45, 2.75) is 32.6 Å². The monoisotopic (exact) mass is 187 g/mol. The van der Waals surface area contributed by atoms with Gasteiger partial charge >= 0.3 is 0 Å². The molecular formula is C11H13N3. The van der Waals surface area contributed by atoms with E-state index in [2.05, 4.69) is 16.1 Å². The fourth-order valence-electron chi connectivity index (χ4n) is 1.94. The standard InChI is InChI=1S/C11H13N3/c1-7-5-10(9-3-4-9)11-12-8(2)6-14(11)13-7/h5-6,9H,3-4H2,1-2H3. The van der Waals surface area contributed by atoms with Crippen molar-refractivity contribution in [2.24, 2.45) is 0 Å². The summed E-state index contributed by atoms with van der Waals surface area (Å²) in [6.45, 7) is 4.06. The summed E-state index contributed by atoms with van der Waals surface area (Å²) in [5.74, 6) is 0.737. The Kier molecular flexibility index (Phi) is 1.46. The lowest BCUT2D eigenvalue weighted by molar-refractivity contribution is 0.880. The highest BCUT2D eigenvalue weighted by Gasteiger charge is 2.27. The first-order valence-corrected chi connectivity index (χ1v) is 5.07. The second-order valence-electron chi connectivity index (χ2n) is 4.17. The largest absolute Gasteiger partial charge is 0.232 e. The summed E-state index contributed by atoms with van der Waals surface area (Å²) in [6, 6.07) is 2.18. The van der Waals surface area contributed by atoms with Crippen molar-refractivity contribution in [3.63, 3.8) is 0 Å². The lowest BCUT2D eigenvalue weighted by Crippen LogP contribution is -1.97. The van der Waals surface area contributed by atoms with E-state index in [4.69, 9.17) is 0 Å². The summed E-state index contributed by atoms with van der Waals surface area (Å²) >= 11 is 0. The van der Waals surface area contributed by atoms with E-state index in [0.29, 0.717) is 0 Å². The third-order valence-electron chi connectivity index (χ3n) is 2.71. The minimum atomic E-state index is 0.737. The number of aryl methyl sites for hydroxylation is 2. The van der Waals surface area contributed by atoms with Crippen LogP contribution in [-0.4, -0.2) is 14.6 Å². The van der Waals surface area contributed by atoms with Crippen molar-refractivity contribution >= 4 is 5.65 Å². The van der Waals surface area contributed by atoms with Gasteiger partial charge in [-0.15, -0.1) is 0 Å². The zero-order valence-electron chi connectivity index (χ0n) is 8.49. The fourth-order valence-corrected chi connectivity index (χ4v) is 1.94. The number of rotatable bonds is 1. The van der Waals surface area contributed by atoms with E-state index >= 15 is 0 Å². The van der Waals surface area contributed by atoms with E-state index in [9.17, 15) is 0 Å². The van der Waals surface area contributed by atoms with Gasteiger partial charge in [0.2, 0.25) is 0 Å². The molecule has 1 saturated carbocycles. The van der Waals surface area contributed by atoms with Gasteiger partial charge in [0, 0.05) is 5.56 Å². The van der Waals surface area contributed by atoms with Gasteiger partial charge in [-0.2, -0.15) is 5.10 Å². The first kappa shape index (κ1) is 7.97. The number of aromatic nitrogens is 3. The van der Waals surface area contributed by atoms with Gasteiger partial charge in [-0.3, -0.25) is 0 Å². The number of hydrogen-bond acceptors (Lipinski definition) is 2. The smallest absolute Gasteiger partial charge is 0.157 e. The number of fused-ring (bicyclic) bond motifs is 1. The maximum absolute atomic E-state index is 4.52. The summed E-state index contributed by atoms with van der Waals surface area (Å²) in [5.41, 5.74) is 4.56. The third kappa shape index (κ3) is 1.12. The molecule has 1 aliphatic rings. The van der Waals surface area contributed by atoms with Crippen molar-refractivity contribution in [1.82, 2.24) is 14.6 Å². The Hall–Kier alpha value is -1.38. The fraction of sp³-hybridized carbons (Fsp3) is 0.455.